The van der Waals surface area contributed by atoms with E-state index in [1.807, 2.05) is 64.1 Å². The Labute approximate surface area is 176 Å². The average molecular weight is 419 g/mol. The molecule has 5 nitrogen and oxygen atoms in total. The third kappa shape index (κ3) is 3.32. The molecule has 0 spiro atoms. The van der Waals surface area contributed by atoms with E-state index in [-0.39, 0.29) is 11.9 Å². The van der Waals surface area contributed by atoms with E-state index >= 15 is 0 Å². The molecule has 0 saturated carbocycles. The minimum Gasteiger partial charge on any atom is -0.273 e. The van der Waals surface area contributed by atoms with Crippen molar-refractivity contribution in [3.63, 3.8) is 0 Å². The van der Waals surface area contributed by atoms with Gasteiger partial charge in [-0.25, -0.2) is 9.69 Å². The summed E-state index contributed by atoms with van der Waals surface area (Å²) in [5.41, 5.74) is 3.86. The smallest absolute Gasteiger partial charge is 0.240 e. The lowest BCUT2D eigenvalue weighted by Gasteiger charge is -2.19. The summed E-state index contributed by atoms with van der Waals surface area (Å²) in [6.07, 6.45) is 2.72. The summed E-state index contributed by atoms with van der Waals surface area (Å²) >= 11 is 3.30. The molecule has 0 N–H and O–H groups in total. The van der Waals surface area contributed by atoms with Gasteiger partial charge in [-0.15, -0.1) is 22.7 Å². The van der Waals surface area contributed by atoms with Crippen molar-refractivity contribution in [1.82, 2.24) is 14.8 Å². The summed E-state index contributed by atoms with van der Waals surface area (Å²) in [5.74, 6) is -0.0638. The zero-order valence-corrected chi connectivity index (χ0v) is 17.4. The summed E-state index contributed by atoms with van der Waals surface area (Å²) < 4.78 is 1.89. The monoisotopic (exact) mass is 418 g/mol. The minimum atomic E-state index is -0.167. The van der Waals surface area contributed by atoms with Crippen molar-refractivity contribution in [2.45, 2.75) is 19.4 Å². The zero-order valence-electron chi connectivity index (χ0n) is 15.7. The number of nitrogens with zero attached hydrogens (tertiary/aromatic N) is 4. The maximum Gasteiger partial charge on any atom is 0.240 e. The number of carbonyl (C=O) groups is 1. The van der Waals surface area contributed by atoms with Crippen molar-refractivity contribution < 1.29 is 4.79 Å². The van der Waals surface area contributed by atoms with Gasteiger partial charge in [-0.05, 0) is 35.0 Å². The first-order valence-electron chi connectivity index (χ1n) is 9.31. The van der Waals surface area contributed by atoms with Gasteiger partial charge in [-0.1, -0.05) is 30.3 Å². The molecule has 0 radical (unpaired) electrons. The topological polar surface area (TPSA) is 50.5 Å². The van der Waals surface area contributed by atoms with Gasteiger partial charge in [0.2, 0.25) is 5.91 Å². The highest BCUT2D eigenvalue weighted by atomic mass is 32.1. The van der Waals surface area contributed by atoms with Crippen molar-refractivity contribution in [3.05, 3.63) is 82.0 Å². The van der Waals surface area contributed by atoms with Gasteiger partial charge in [-0.3, -0.25) is 4.79 Å². The lowest BCUT2D eigenvalue weighted by molar-refractivity contribution is -0.130. The standard InChI is InChI=1S/C22H18N4OS2/c1-15(27)26-19(13-18(23-26)20-9-5-11-28-20)17-14-25(16-7-3-2-4-8-16)24-22(17)21-10-6-12-29-21/h2-12,14,19H,13H2,1H3/t19-/m0/s1. The average Bonchev–Trinajstić information content (AvgIpc) is 3.54. The van der Waals surface area contributed by atoms with E-state index in [2.05, 4.69) is 17.2 Å². The Kier molecular flexibility index (Phi) is 4.61. The number of carbonyl (C=O) groups excluding carboxylic acids is 1. The van der Waals surface area contributed by atoms with Gasteiger partial charge < -0.3 is 0 Å². The molecule has 4 aromatic rings. The van der Waals surface area contributed by atoms with Crippen LogP contribution < -0.4 is 0 Å². The second-order valence-corrected chi connectivity index (χ2v) is 8.69. The van der Waals surface area contributed by atoms with E-state index in [1.165, 1.54) is 0 Å². The molecule has 4 heterocycles. The summed E-state index contributed by atoms with van der Waals surface area (Å²) in [4.78, 5) is 14.6. The Morgan fingerprint density at radius 3 is 2.38 bits per heavy atom. The number of amides is 1. The Bertz CT molecular complexity index is 1160. The molecular formula is C22H18N4OS2. The second kappa shape index (κ2) is 7.42. The molecule has 5 rings (SSSR count). The Hall–Kier alpha value is -3.03. The largest absolute Gasteiger partial charge is 0.273 e. The number of benzene rings is 1. The van der Waals surface area contributed by atoms with Crippen molar-refractivity contribution in [2.24, 2.45) is 5.10 Å². The predicted molar refractivity (Wildman–Crippen MR) is 118 cm³/mol. The summed E-state index contributed by atoms with van der Waals surface area (Å²) in [5, 5.41) is 15.3. The molecule has 1 atom stereocenters. The Balaban J connectivity index is 1.61. The maximum absolute atomic E-state index is 12.4. The molecule has 0 bridgehead atoms. The molecule has 1 aliphatic rings. The lowest BCUT2D eigenvalue weighted by atomic mass is 10.0. The molecular weight excluding hydrogens is 400 g/mol. The molecule has 1 amide bonds. The molecule has 7 heteroatoms. The third-order valence-corrected chi connectivity index (χ3v) is 6.71. The van der Waals surface area contributed by atoms with Crippen LogP contribution >= 0.6 is 22.7 Å². The highest BCUT2D eigenvalue weighted by Crippen LogP contribution is 2.39. The molecule has 29 heavy (non-hydrogen) atoms. The Morgan fingerprint density at radius 2 is 1.72 bits per heavy atom. The van der Waals surface area contributed by atoms with Crippen LogP contribution in [-0.2, 0) is 4.79 Å². The van der Waals surface area contributed by atoms with Gasteiger partial charge in [-0.2, -0.15) is 10.2 Å². The first-order chi connectivity index (χ1) is 14.2. The van der Waals surface area contributed by atoms with Crippen molar-refractivity contribution >= 4 is 34.3 Å². The van der Waals surface area contributed by atoms with E-state index in [4.69, 9.17) is 5.10 Å². The SMILES string of the molecule is CC(=O)N1N=C(c2cccs2)C[C@H]1c1cn(-c2ccccc2)nc1-c1cccs1. The number of hydrogen-bond acceptors (Lipinski definition) is 5. The fourth-order valence-electron chi connectivity index (χ4n) is 3.58. The van der Waals surface area contributed by atoms with Crippen LogP contribution in [0.3, 0.4) is 0 Å². The molecule has 0 aliphatic carbocycles. The van der Waals surface area contributed by atoms with Crippen LogP contribution in [0.25, 0.3) is 16.3 Å². The van der Waals surface area contributed by atoms with Gasteiger partial charge >= 0.3 is 0 Å². The van der Waals surface area contributed by atoms with Crippen molar-refractivity contribution in [1.29, 1.82) is 0 Å². The van der Waals surface area contributed by atoms with Crippen molar-refractivity contribution in [3.8, 4) is 16.3 Å². The van der Waals surface area contributed by atoms with Gasteiger partial charge in [0.15, 0.2) is 0 Å². The van der Waals surface area contributed by atoms with Gasteiger partial charge in [0, 0.05) is 25.1 Å². The molecule has 144 valence electrons. The van der Waals surface area contributed by atoms with Crippen LogP contribution in [0.15, 0.2) is 76.7 Å². The second-order valence-electron chi connectivity index (χ2n) is 6.80. The first kappa shape index (κ1) is 18.0. The van der Waals surface area contributed by atoms with E-state index in [0.29, 0.717) is 6.42 Å². The van der Waals surface area contributed by atoms with Crippen LogP contribution in [0.4, 0.5) is 0 Å². The number of para-hydroxylation sites is 1. The summed E-state index contributed by atoms with van der Waals surface area (Å²) in [6, 6.07) is 18.0. The molecule has 1 aromatic carbocycles. The summed E-state index contributed by atoms with van der Waals surface area (Å²) in [6.45, 7) is 1.57. The molecule has 0 saturated heterocycles. The lowest BCUT2D eigenvalue weighted by Crippen LogP contribution is -2.24. The molecule has 1 aliphatic heterocycles. The van der Waals surface area contributed by atoms with Crippen LogP contribution in [-0.4, -0.2) is 26.4 Å². The van der Waals surface area contributed by atoms with Crippen LogP contribution in [0.1, 0.15) is 29.8 Å². The first-order valence-corrected chi connectivity index (χ1v) is 11.1. The van der Waals surface area contributed by atoms with E-state index in [9.17, 15) is 4.79 Å². The number of thiophene rings is 2. The van der Waals surface area contributed by atoms with Gasteiger partial charge in [0.25, 0.3) is 0 Å². The maximum atomic E-state index is 12.4. The van der Waals surface area contributed by atoms with E-state index < -0.39 is 0 Å². The Morgan fingerprint density at radius 1 is 1.00 bits per heavy atom. The van der Waals surface area contributed by atoms with Crippen LogP contribution in [0, 0.1) is 0 Å². The molecule has 0 fully saturated rings. The number of hydrogen-bond donors (Lipinski definition) is 0. The predicted octanol–water partition coefficient (Wildman–Crippen LogP) is 5.36. The van der Waals surface area contributed by atoms with Gasteiger partial charge in [0.05, 0.1) is 27.2 Å². The van der Waals surface area contributed by atoms with Gasteiger partial charge in [0.1, 0.15) is 5.69 Å². The number of aromatic nitrogens is 2. The van der Waals surface area contributed by atoms with Crippen LogP contribution in [0.5, 0.6) is 0 Å². The zero-order chi connectivity index (χ0) is 19.8. The fourth-order valence-corrected chi connectivity index (χ4v) is 5.04. The third-order valence-electron chi connectivity index (χ3n) is 4.92. The normalized spacial score (nSPS) is 16.2. The minimum absolute atomic E-state index is 0.0638. The van der Waals surface area contributed by atoms with E-state index in [1.54, 1.807) is 34.6 Å². The molecule has 3 aromatic heterocycles. The quantitative estimate of drug-likeness (QED) is 0.448. The van der Waals surface area contributed by atoms with Crippen LogP contribution in [0.2, 0.25) is 0 Å². The fraction of sp³-hybridized carbons (Fsp3) is 0.136. The van der Waals surface area contributed by atoms with E-state index in [0.717, 1.165) is 32.4 Å². The number of rotatable bonds is 4. The highest BCUT2D eigenvalue weighted by Gasteiger charge is 2.35. The molecule has 0 unspecified atom stereocenters. The highest BCUT2D eigenvalue weighted by molar-refractivity contribution is 7.13. The number of hydrazone groups is 1. The van der Waals surface area contributed by atoms with Crippen molar-refractivity contribution in [2.75, 3.05) is 0 Å². The summed E-state index contributed by atoms with van der Waals surface area (Å²) in [7, 11) is 0.